The quantitative estimate of drug-likeness (QED) is 0.684. The van der Waals surface area contributed by atoms with Crippen LogP contribution in [0.5, 0.6) is 0 Å². The van der Waals surface area contributed by atoms with Gasteiger partial charge in [-0.05, 0) is 22.9 Å². The summed E-state index contributed by atoms with van der Waals surface area (Å²) < 4.78 is 2.76. The Morgan fingerprint density at radius 2 is 2.00 bits per heavy atom. The van der Waals surface area contributed by atoms with Crippen molar-refractivity contribution in [3.63, 3.8) is 0 Å². The first kappa shape index (κ1) is 12.8. The molecule has 0 bridgehead atoms. The Labute approximate surface area is 115 Å². The predicted molar refractivity (Wildman–Crippen MR) is 78.2 cm³/mol. The van der Waals surface area contributed by atoms with Gasteiger partial charge in [-0.15, -0.1) is 0 Å². The highest BCUT2D eigenvalue weighted by molar-refractivity contribution is 9.10. The van der Waals surface area contributed by atoms with E-state index in [0.29, 0.717) is 0 Å². The van der Waals surface area contributed by atoms with Gasteiger partial charge >= 0.3 is 0 Å². The molecule has 0 aliphatic rings. The van der Waals surface area contributed by atoms with Crippen LogP contribution >= 0.6 is 15.9 Å². The zero-order valence-corrected chi connectivity index (χ0v) is 12.2. The van der Waals surface area contributed by atoms with E-state index < -0.39 is 0 Å². The highest BCUT2D eigenvalue weighted by Gasteiger charge is 2.12. The monoisotopic (exact) mass is 306 g/mol. The summed E-state index contributed by atoms with van der Waals surface area (Å²) in [6.07, 6.45) is 0. The third-order valence-electron chi connectivity index (χ3n) is 2.66. The minimum atomic E-state index is 0.819. The van der Waals surface area contributed by atoms with Crippen molar-refractivity contribution in [2.75, 3.05) is 12.4 Å². The van der Waals surface area contributed by atoms with E-state index in [1.165, 1.54) is 0 Å². The molecule has 0 radical (unpaired) electrons. The fourth-order valence-corrected chi connectivity index (χ4v) is 2.17. The molecule has 0 amide bonds. The number of hydrogen-bond acceptors (Lipinski definition) is 2. The van der Waals surface area contributed by atoms with E-state index in [9.17, 15) is 0 Å². The van der Waals surface area contributed by atoms with Crippen LogP contribution in [0.3, 0.4) is 0 Å². The number of nitrogens with one attached hydrogen (secondary N) is 1. The number of rotatable bonds is 2. The van der Waals surface area contributed by atoms with Crippen molar-refractivity contribution in [1.29, 1.82) is 0 Å². The molecule has 0 spiro atoms. The molecule has 18 heavy (non-hydrogen) atoms. The van der Waals surface area contributed by atoms with Crippen LogP contribution in [0.1, 0.15) is 11.3 Å². The molecule has 1 N–H and O–H groups in total. The molecular weight excluding hydrogens is 292 g/mol. The van der Waals surface area contributed by atoms with Crippen LogP contribution in [0.2, 0.25) is 0 Å². The molecule has 0 unspecified atom stereocenters. The van der Waals surface area contributed by atoms with E-state index in [-0.39, 0.29) is 0 Å². The van der Waals surface area contributed by atoms with Crippen molar-refractivity contribution in [2.24, 2.45) is 12.0 Å². The third kappa shape index (κ3) is 2.46. The van der Waals surface area contributed by atoms with Crippen molar-refractivity contribution >= 4 is 27.6 Å². The van der Waals surface area contributed by atoms with E-state index in [2.05, 4.69) is 31.3 Å². The second-order valence-corrected chi connectivity index (χ2v) is 4.73. The van der Waals surface area contributed by atoms with Gasteiger partial charge in [-0.25, -0.2) is 0 Å². The van der Waals surface area contributed by atoms with Crippen molar-refractivity contribution in [3.8, 4) is 0 Å². The lowest BCUT2D eigenvalue weighted by Crippen LogP contribution is -2.16. The lowest BCUT2D eigenvalue weighted by molar-refractivity contribution is 0.766. The smallest absolute Gasteiger partial charge is 0.144 e. The van der Waals surface area contributed by atoms with E-state index in [1.807, 2.05) is 44.3 Å². The Morgan fingerprint density at radius 3 is 2.50 bits per heavy atom. The first-order valence-electron chi connectivity index (χ1n) is 5.61. The summed E-state index contributed by atoms with van der Waals surface area (Å²) in [6.45, 7) is 1.96. The minimum Gasteiger partial charge on any atom is -0.324 e. The summed E-state index contributed by atoms with van der Waals surface area (Å²) in [7, 11) is 3.67. The molecule has 2 aromatic rings. The molecule has 1 heterocycles. The topological polar surface area (TPSA) is 42.2 Å². The van der Waals surface area contributed by atoms with Crippen LogP contribution in [-0.2, 0) is 7.05 Å². The predicted octanol–water partition coefficient (Wildman–Crippen LogP) is 2.98. The summed E-state index contributed by atoms with van der Waals surface area (Å²) in [6, 6.07) is 10.0. The summed E-state index contributed by atoms with van der Waals surface area (Å²) in [5.74, 6) is 1.72. The minimum absolute atomic E-state index is 0.819. The van der Waals surface area contributed by atoms with Gasteiger partial charge in [0.2, 0.25) is 0 Å². The highest BCUT2D eigenvalue weighted by atomic mass is 79.9. The van der Waals surface area contributed by atoms with Crippen LogP contribution in [-0.4, -0.2) is 22.7 Å². The number of halogens is 1. The molecule has 94 valence electrons. The molecule has 1 aromatic carbocycles. The molecule has 0 atom stereocenters. The number of hydrogen-bond donors (Lipinski definition) is 1. The summed E-state index contributed by atoms with van der Waals surface area (Å²) in [5.41, 5.74) is 1.99. The summed E-state index contributed by atoms with van der Waals surface area (Å²) in [5, 5.41) is 7.65. The maximum Gasteiger partial charge on any atom is 0.144 e. The molecule has 0 aliphatic carbocycles. The van der Waals surface area contributed by atoms with Crippen molar-refractivity contribution in [3.05, 3.63) is 46.1 Å². The number of aliphatic imine (C=N–C) groups is 1. The molecule has 1 aromatic heterocycles. The molecule has 0 fully saturated rings. The first-order valence-corrected chi connectivity index (χ1v) is 6.41. The molecule has 0 saturated carbocycles. The number of amidine groups is 1. The maximum absolute atomic E-state index is 4.34. The first-order chi connectivity index (χ1) is 8.63. The standard InChI is InChI=1S/C13H15BrN4/c1-9-11(14)13(18(3)17-9)16-12(15-2)10-7-5-4-6-8-10/h4-8H,1-3H3,(H,15,16). The highest BCUT2D eigenvalue weighted by Crippen LogP contribution is 2.25. The van der Waals surface area contributed by atoms with Crippen LogP contribution in [0.15, 0.2) is 39.8 Å². The Morgan fingerprint density at radius 1 is 1.33 bits per heavy atom. The van der Waals surface area contributed by atoms with Crippen molar-refractivity contribution in [1.82, 2.24) is 9.78 Å². The average Bonchev–Trinajstić information content (AvgIpc) is 2.62. The van der Waals surface area contributed by atoms with E-state index >= 15 is 0 Å². The Kier molecular flexibility index (Phi) is 3.81. The van der Waals surface area contributed by atoms with Gasteiger partial charge in [-0.3, -0.25) is 9.67 Å². The van der Waals surface area contributed by atoms with Gasteiger partial charge in [0.25, 0.3) is 0 Å². The number of aromatic nitrogens is 2. The fourth-order valence-electron chi connectivity index (χ4n) is 1.73. The molecule has 5 heteroatoms. The van der Waals surface area contributed by atoms with Crippen LogP contribution < -0.4 is 5.32 Å². The van der Waals surface area contributed by atoms with Gasteiger partial charge in [0.15, 0.2) is 0 Å². The second kappa shape index (κ2) is 5.35. The van der Waals surface area contributed by atoms with Gasteiger partial charge in [0.1, 0.15) is 11.7 Å². The number of anilines is 1. The van der Waals surface area contributed by atoms with Gasteiger partial charge < -0.3 is 5.32 Å². The maximum atomic E-state index is 4.34. The molecule has 0 saturated heterocycles. The number of nitrogens with zero attached hydrogens (tertiary/aromatic N) is 3. The fraction of sp³-hybridized carbons (Fsp3) is 0.231. The van der Waals surface area contributed by atoms with E-state index in [1.54, 1.807) is 11.7 Å². The van der Waals surface area contributed by atoms with Gasteiger partial charge in [0.05, 0.1) is 10.2 Å². The second-order valence-electron chi connectivity index (χ2n) is 3.93. The lowest BCUT2D eigenvalue weighted by Gasteiger charge is -2.10. The SMILES string of the molecule is CN=C(Nc1c(Br)c(C)nn1C)c1ccccc1. The van der Waals surface area contributed by atoms with Gasteiger partial charge in [-0.2, -0.15) is 5.10 Å². The third-order valence-corrected chi connectivity index (χ3v) is 3.61. The number of benzene rings is 1. The lowest BCUT2D eigenvalue weighted by atomic mass is 10.2. The largest absolute Gasteiger partial charge is 0.324 e. The van der Waals surface area contributed by atoms with Crippen LogP contribution in [0.25, 0.3) is 0 Å². The average molecular weight is 307 g/mol. The normalized spacial score (nSPS) is 11.7. The van der Waals surface area contributed by atoms with Crippen molar-refractivity contribution < 1.29 is 0 Å². The van der Waals surface area contributed by atoms with Gasteiger partial charge in [-0.1, -0.05) is 30.3 Å². The zero-order valence-electron chi connectivity index (χ0n) is 10.6. The van der Waals surface area contributed by atoms with E-state index in [4.69, 9.17) is 0 Å². The Bertz CT molecular complexity index is 572. The van der Waals surface area contributed by atoms with Gasteiger partial charge in [0, 0.05) is 19.7 Å². The molecule has 2 rings (SSSR count). The Hall–Kier alpha value is -1.62. The Balaban J connectivity index is 2.33. The summed E-state index contributed by atoms with van der Waals surface area (Å²) >= 11 is 3.53. The zero-order chi connectivity index (χ0) is 13.1. The summed E-state index contributed by atoms with van der Waals surface area (Å²) in [4.78, 5) is 4.29. The van der Waals surface area contributed by atoms with Crippen LogP contribution in [0, 0.1) is 6.92 Å². The van der Waals surface area contributed by atoms with Crippen molar-refractivity contribution in [2.45, 2.75) is 6.92 Å². The molecule has 4 nitrogen and oxygen atoms in total. The number of aryl methyl sites for hydroxylation is 2. The molecular formula is C13H15BrN4. The van der Waals surface area contributed by atoms with E-state index in [0.717, 1.165) is 27.4 Å². The van der Waals surface area contributed by atoms with Crippen LogP contribution in [0.4, 0.5) is 5.82 Å². The molecule has 0 aliphatic heterocycles.